The summed E-state index contributed by atoms with van der Waals surface area (Å²) in [5.74, 6) is 0. The van der Waals surface area contributed by atoms with Gasteiger partial charge in [-0.2, -0.15) is 10.5 Å². The SMILES string of the molecule is N#CC=Cc1ccc(C#N)cc1. The number of hydrogen-bond donors (Lipinski definition) is 0. The fraction of sp³-hybridized carbons (Fsp3) is 0. The molecule has 0 fully saturated rings. The number of nitriles is 2. The Balaban J connectivity index is 2.88. The lowest BCUT2D eigenvalue weighted by Crippen LogP contribution is -1.74. The van der Waals surface area contributed by atoms with Gasteiger partial charge in [0, 0.05) is 6.08 Å². The number of allylic oxidation sites excluding steroid dienone is 1. The minimum atomic E-state index is 0.629. The molecular weight excluding hydrogens is 148 g/mol. The van der Waals surface area contributed by atoms with Crippen molar-refractivity contribution < 1.29 is 0 Å². The molecule has 0 bridgehead atoms. The van der Waals surface area contributed by atoms with Gasteiger partial charge in [-0.15, -0.1) is 0 Å². The second kappa shape index (κ2) is 3.95. The van der Waals surface area contributed by atoms with Crippen molar-refractivity contribution in [2.45, 2.75) is 0 Å². The molecule has 1 aromatic carbocycles. The Morgan fingerprint density at radius 1 is 1.08 bits per heavy atom. The zero-order valence-electron chi connectivity index (χ0n) is 6.36. The van der Waals surface area contributed by atoms with E-state index in [9.17, 15) is 0 Å². The molecule has 0 saturated carbocycles. The van der Waals surface area contributed by atoms with Crippen molar-refractivity contribution in [1.29, 1.82) is 10.5 Å². The van der Waals surface area contributed by atoms with Crippen molar-refractivity contribution in [2.24, 2.45) is 0 Å². The quantitative estimate of drug-likeness (QED) is 0.581. The van der Waals surface area contributed by atoms with Crippen LogP contribution in [-0.4, -0.2) is 0 Å². The van der Waals surface area contributed by atoms with E-state index in [2.05, 4.69) is 0 Å². The highest BCUT2D eigenvalue weighted by Gasteiger charge is 1.87. The Morgan fingerprint density at radius 2 is 1.75 bits per heavy atom. The number of rotatable bonds is 1. The summed E-state index contributed by atoms with van der Waals surface area (Å²) >= 11 is 0. The highest BCUT2D eigenvalue weighted by molar-refractivity contribution is 5.52. The van der Waals surface area contributed by atoms with Gasteiger partial charge in [-0.25, -0.2) is 0 Å². The molecule has 0 heterocycles. The van der Waals surface area contributed by atoms with Crippen LogP contribution in [0.4, 0.5) is 0 Å². The molecule has 1 rings (SSSR count). The molecule has 2 heteroatoms. The molecule has 0 aliphatic carbocycles. The van der Waals surface area contributed by atoms with E-state index in [1.54, 1.807) is 30.3 Å². The molecule has 0 atom stereocenters. The molecule has 0 aliphatic rings. The van der Waals surface area contributed by atoms with Crippen LogP contribution in [0.25, 0.3) is 6.08 Å². The molecule has 0 saturated heterocycles. The Bertz CT molecular complexity index is 360. The van der Waals surface area contributed by atoms with E-state index in [-0.39, 0.29) is 0 Å². The second-order valence-electron chi connectivity index (χ2n) is 2.20. The van der Waals surface area contributed by atoms with Crippen LogP contribution in [0.5, 0.6) is 0 Å². The maximum Gasteiger partial charge on any atom is 0.0991 e. The van der Waals surface area contributed by atoms with Gasteiger partial charge in [0.15, 0.2) is 0 Å². The summed E-state index contributed by atoms with van der Waals surface area (Å²) in [6.45, 7) is 0. The fourth-order valence-electron chi connectivity index (χ4n) is 0.802. The van der Waals surface area contributed by atoms with Gasteiger partial charge in [-0.1, -0.05) is 12.1 Å². The summed E-state index contributed by atoms with van der Waals surface area (Å²) in [6, 6.07) is 11.0. The van der Waals surface area contributed by atoms with Crippen LogP contribution in [0.3, 0.4) is 0 Å². The first-order valence-corrected chi connectivity index (χ1v) is 3.43. The maximum atomic E-state index is 8.48. The minimum Gasteiger partial charge on any atom is -0.193 e. The van der Waals surface area contributed by atoms with Crippen LogP contribution >= 0.6 is 0 Å². The molecule has 0 aromatic heterocycles. The molecule has 0 spiro atoms. The Kier molecular flexibility index (Phi) is 2.65. The molecule has 0 amide bonds. The van der Waals surface area contributed by atoms with E-state index in [0.29, 0.717) is 5.56 Å². The molecule has 0 aliphatic heterocycles. The third-order valence-electron chi connectivity index (χ3n) is 1.39. The second-order valence-corrected chi connectivity index (χ2v) is 2.20. The average molecular weight is 154 g/mol. The van der Waals surface area contributed by atoms with Gasteiger partial charge in [0.05, 0.1) is 17.7 Å². The summed E-state index contributed by atoms with van der Waals surface area (Å²) in [5, 5.41) is 16.7. The summed E-state index contributed by atoms with van der Waals surface area (Å²) in [6.07, 6.45) is 3.10. The molecular formula is C10H6N2. The van der Waals surface area contributed by atoms with E-state index in [1.807, 2.05) is 12.1 Å². The van der Waals surface area contributed by atoms with Crippen LogP contribution in [0, 0.1) is 22.7 Å². The van der Waals surface area contributed by atoms with Gasteiger partial charge >= 0.3 is 0 Å². The van der Waals surface area contributed by atoms with Crippen LogP contribution in [0.2, 0.25) is 0 Å². The monoisotopic (exact) mass is 154 g/mol. The van der Waals surface area contributed by atoms with Crippen molar-refractivity contribution in [3.8, 4) is 12.1 Å². The van der Waals surface area contributed by atoms with E-state index in [0.717, 1.165) is 5.56 Å². The third-order valence-corrected chi connectivity index (χ3v) is 1.39. The predicted octanol–water partition coefficient (Wildman–Crippen LogP) is 2.10. The average Bonchev–Trinajstić information content (AvgIpc) is 2.15. The fourth-order valence-corrected chi connectivity index (χ4v) is 0.802. The lowest BCUT2D eigenvalue weighted by Gasteiger charge is -1.90. The van der Waals surface area contributed by atoms with Gasteiger partial charge in [-0.3, -0.25) is 0 Å². The van der Waals surface area contributed by atoms with Gasteiger partial charge in [0.2, 0.25) is 0 Å². The van der Waals surface area contributed by atoms with E-state index in [1.165, 1.54) is 6.08 Å². The van der Waals surface area contributed by atoms with Gasteiger partial charge in [0.25, 0.3) is 0 Å². The van der Waals surface area contributed by atoms with Crippen molar-refractivity contribution in [2.75, 3.05) is 0 Å². The lowest BCUT2D eigenvalue weighted by molar-refractivity contribution is 1.48. The first-order chi connectivity index (χ1) is 5.86. The molecule has 0 unspecified atom stereocenters. The largest absolute Gasteiger partial charge is 0.193 e. The molecule has 56 valence electrons. The zero-order valence-corrected chi connectivity index (χ0v) is 6.36. The lowest BCUT2D eigenvalue weighted by atomic mass is 10.1. The smallest absolute Gasteiger partial charge is 0.0991 e. The summed E-state index contributed by atoms with van der Waals surface area (Å²) in [5.41, 5.74) is 1.56. The normalized spacial score (nSPS) is 9.17. The molecule has 2 nitrogen and oxygen atoms in total. The van der Waals surface area contributed by atoms with Crippen LogP contribution in [0.1, 0.15) is 11.1 Å². The van der Waals surface area contributed by atoms with Crippen LogP contribution in [0.15, 0.2) is 30.3 Å². The standard InChI is InChI=1S/C10H6N2/c11-7-1-2-9-3-5-10(8-12)6-4-9/h1-6H. The Morgan fingerprint density at radius 3 is 2.25 bits per heavy atom. The number of nitrogens with zero attached hydrogens (tertiary/aromatic N) is 2. The van der Waals surface area contributed by atoms with Crippen molar-refractivity contribution in [1.82, 2.24) is 0 Å². The summed E-state index contributed by atoms with van der Waals surface area (Å²) < 4.78 is 0. The number of hydrogen-bond acceptors (Lipinski definition) is 2. The zero-order chi connectivity index (χ0) is 8.81. The topological polar surface area (TPSA) is 47.6 Å². The third kappa shape index (κ3) is 1.97. The minimum absolute atomic E-state index is 0.629. The molecule has 12 heavy (non-hydrogen) atoms. The Hall–Kier alpha value is -2.06. The van der Waals surface area contributed by atoms with Gasteiger partial charge in [-0.05, 0) is 23.8 Å². The Labute approximate surface area is 71.0 Å². The summed E-state index contributed by atoms with van der Waals surface area (Å²) in [4.78, 5) is 0. The van der Waals surface area contributed by atoms with Crippen molar-refractivity contribution in [3.05, 3.63) is 41.5 Å². The molecule has 0 radical (unpaired) electrons. The van der Waals surface area contributed by atoms with Crippen molar-refractivity contribution in [3.63, 3.8) is 0 Å². The van der Waals surface area contributed by atoms with Crippen LogP contribution < -0.4 is 0 Å². The molecule has 1 aromatic rings. The van der Waals surface area contributed by atoms with Gasteiger partial charge in [0.1, 0.15) is 0 Å². The molecule has 0 N–H and O–H groups in total. The van der Waals surface area contributed by atoms with E-state index >= 15 is 0 Å². The highest BCUT2D eigenvalue weighted by Crippen LogP contribution is 2.04. The van der Waals surface area contributed by atoms with Crippen molar-refractivity contribution >= 4 is 6.08 Å². The first kappa shape index (κ1) is 8.04. The number of benzene rings is 1. The van der Waals surface area contributed by atoms with E-state index < -0.39 is 0 Å². The summed E-state index contributed by atoms with van der Waals surface area (Å²) in [7, 11) is 0. The van der Waals surface area contributed by atoms with Crippen LogP contribution in [-0.2, 0) is 0 Å². The van der Waals surface area contributed by atoms with E-state index in [4.69, 9.17) is 10.5 Å². The van der Waals surface area contributed by atoms with Gasteiger partial charge < -0.3 is 0 Å². The maximum absolute atomic E-state index is 8.48. The highest BCUT2D eigenvalue weighted by atomic mass is 14.2. The first-order valence-electron chi connectivity index (χ1n) is 3.43. The predicted molar refractivity (Wildman–Crippen MR) is 45.8 cm³/mol.